The number of aromatic nitrogens is 2. The van der Waals surface area contributed by atoms with Gasteiger partial charge in [-0.2, -0.15) is 0 Å². The molecule has 0 saturated carbocycles. The quantitative estimate of drug-likeness (QED) is 0.674. The minimum absolute atomic E-state index is 0.0644. The Morgan fingerprint density at radius 3 is 2.88 bits per heavy atom. The topological polar surface area (TPSA) is 75.3 Å². The molecule has 0 bridgehead atoms. The number of hydrogen-bond acceptors (Lipinski definition) is 5. The van der Waals surface area contributed by atoms with Crippen LogP contribution in [0, 0.1) is 6.92 Å². The first-order valence-corrected chi connectivity index (χ1v) is 5.22. The Bertz CT molecular complexity index is 354. The van der Waals surface area contributed by atoms with E-state index < -0.39 is 0 Å². The Labute approximate surface area is 95.6 Å². The summed E-state index contributed by atoms with van der Waals surface area (Å²) in [6.07, 6.45) is 3.48. The minimum Gasteiger partial charge on any atom is -0.395 e. The molecule has 0 amide bonds. The second kappa shape index (κ2) is 6.19. The highest BCUT2D eigenvalue weighted by Gasteiger charge is 2.08. The van der Waals surface area contributed by atoms with E-state index >= 15 is 0 Å². The van der Waals surface area contributed by atoms with Gasteiger partial charge in [-0.25, -0.2) is 9.97 Å². The van der Waals surface area contributed by atoms with Crippen molar-refractivity contribution in [3.05, 3.63) is 30.1 Å². The van der Waals surface area contributed by atoms with Gasteiger partial charge in [-0.1, -0.05) is 6.08 Å². The average molecular weight is 222 g/mol. The van der Waals surface area contributed by atoms with Crippen molar-refractivity contribution in [3.63, 3.8) is 0 Å². The van der Waals surface area contributed by atoms with Crippen LogP contribution in [0.15, 0.2) is 18.9 Å². The minimum atomic E-state index is 0.0644. The predicted octanol–water partition coefficient (Wildman–Crippen LogP) is 0.228. The molecular weight excluding hydrogens is 204 g/mol. The highest BCUT2D eigenvalue weighted by Crippen LogP contribution is 2.10. The fraction of sp³-hybridized carbons (Fsp3) is 0.455. The monoisotopic (exact) mass is 222 g/mol. The second-order valence-corrected chi connectivity index (χ2v) is 3.44. The summed E-state index contributed by atoms with van der Waals surface area (Å²) in [5, 5.41) is 8.94. The first kappa shape index (κ1) is 12.6. The smallest absolute Gasteiger partial charge is 0.225 e. The SMILES string of the molecule is C=CCN(CCO)c1ncc(CN)c(C)n1. The molecule has 0 aliphatic carbocycles. The number of anilines is 1. The van der Waals surface area contributed by atoms with E-state index in [1.807, 2.05) is 11.8 Å². The van der Waals surface area contributed by atoms with Gasteiger partial charge in [-0.15, -0.1) is 6.58 Å². The van der Waals surface area contributed by atoms with Crippen LogP contribution < -0.4 is 10.6 Å². The molecule has 1 aromatic rings. The van der Waals surface area contributed by atoms with Crippen LogP contribution >= 0.6 is 0 Å². The first-order valence-electron chi connectivity index (χ1n) is 5.22. The van der Waals surface area contributed by atoms with E-state index in [1.54, 1.807) is 12.3 Å². The third-order valence-electron chi connectivity index (χ3n) is 2.29. The molecule has 1 heterocycles. The average Bonchev–Trinajstić information content (AvgIpc) is 2.28. The van der Waals surface area contributed by atoms with E-state index in [0.717, 1.165) is 11.3 Å². The largest absolute Gasteiger partial charge is 0.395 e. The normalized spacial score (nSPS) is 10.2. The molecule has 5 heteroatoms. The van der Waals surface area contributed by atoms with Crippen LogP contribution in [0.5, 0.6) is 0 Å². The number of nitrogens with two attached hydrogens (primary N) is 1. The maximum absolute atomic E-state index is 8.94. The Morgan fingerprint density at radius 1 is 1.62 bits per heavy atom. The van der Waals surface area contributed by atoms with Gasteiger partial charge in [0.1, 0.15) is 0 Å². The van der Waals surface area contributed by atoms with E-state index in [0.29, 0.717) is 25.6 Å². The van der Waals surface area contributed by atoms with E-state index in [2.05, 4.69) is 16.5 Å². The molecule has 0 aliphatic heterocycles. The molecule has 5 nitrogen and oxygen atoms in total. The number of aliphatic hydroxyl groups excluding tert-OH is 1. The molecule has 0 fully saturated rings. The predicted molar refractivity (Wildman–Crippen MR) is 64.2 cm³/mol. The molecule has 0 aromatic carbocycles. The fourth-order valence-electron chi connectivity index (χ4n) is 1.38. The van der Waals surface area contributed by atoms with Crippen molar-refractivity contribution >= 4 is 5.95 Å². The number of hydrogen-bond donors (Lipinski definition) is 2. The zero-order valence-corrected chi connectivity index (χ0v) is 9.56. The zero-order valence-electron chi connectivity index (χ0n) is 9.56. The van der Waals surface area contributed by atoms with Gasteiger partial charge in [-0.3, -0.25) is 0 Å². The Hall–Kier alpha value is -1.46. The van der Waals surface area contributed by atoms with Gasteiger partial charge in [0.25, 0.3) is 0 Å². The van der Waals surface area contributed by atoms with Crippen molar-refractivity contribution in [2.75, 3.05) is 24.6 Å². The summed E-state index contributed by atoms with van der Waals surface area (Å²) in [5.74, 6) is 0.601. The standard InChI is InChI=1S/C11H18N4O/c1-3-4-15(5-6-16)11-13-8-10(7-12)9(2)14-11/h3,8,16H,1,4-7,12H2,2H3. The van der Waals surface area contributed by atoms with Crippen LogP contribution in [-0.4, -0.2) is 34.8 Å². The van der Waals surface area contributed by atoms with Gasteiger partial charge < -0.3 is 15.7 Å². The van der Waals surface area contributed by atoms with Crippen molar-refractivity contribution in [3.8, 4) is 0 Å². The van der Waals surface area contributed by atoms with Crippen molar-refractivity contribution in [1.29, 1.82) is 0 Å². The van der Waals surface area contributed by atoms with E-state index in [-0.39, 0.29) is 6.61 Å². The van der Waals surface area contributed by atoms with E-state index in [4.69, 9.17) is 10.8 Å². The van der Waals surface area contributed by atoms with Gasteiger partial charge >= 0.3 is 0 Å². The summed E-state index contributed by atoms with van der Waals surface area (Å²) < 4.78 is 0. The molecular formula is C11H18N4O. The number of rotatable bonds is 6. The highest BCUT2D eigenvalue weighted by molar-refractivity contribution is 5.33. The van der Waals surface area contributed by atoms with Crippen LogP contribution in [0.3, 0.4) is 0 Å². The van der Waals surface area contributed by atoms with Gasteiger partial charge in [-0.05, 0) is 6.92 Å². The summed E-state index contributed by atoms with van der Waals surface area (Å²) in [7, 11) is 0. The van der Waals surface area contributed by atoms with Gasteiger partial charge in [0.2, 0.25) is 5.95 Å². The molecule has 0 aliphatic rings. The fourth-order valence-corrected chi connectivity index (χ4v) is 1.38. The van der Waals surface area contributed by atoms with Crippen molar-refractivity contribution in [2.45, 2.75) is 13.5 Å². The zero-order chi connectivity index (χ0) is 12.0. The van der Waals surface area contributed by atoms with Crippen LogP contribution in [-0.2, 0) is 6.54 Å². The molecule has 16 heavy (non-hydrogen) atoms. The summed E-state index contributed by atoms with van der Waals surface area (Å²) in [6.45, 7) is 7.18. The van der Waals surface area contributed by atoms with Gasteiger partial charge in [0.15, 0.2) is 0 Å². The summed E-state index contributed by atoms with van der Waals surface area (Å²) in [5.41, 5.74) is 7.36. The number of nitrogens with zero attached hydrogens (tertiary/aromatic N) is 3. The lowest BCUT2D eigenvalue weighted by molar-refractivity contribution is 0.302. The maximum atomic E-state index is 8.94. The second-order valence-electron chi connectivity index (χ2n) is 3.44. The lowest BCUT2D eigenvalue weighted by Crippen LogP contribution is -2.28. The van der Waals surface area contributed by atoms with Crippen molar-refractivity contribution < 1.29 is 5.11 Å². The molecule has 1 rings (SSSR count). The summed E-state index contributed by atoms with van der Waals surface area (Å²) in [6, 6.07) is 0. The maximum Gasteiger partial charge on any atom is 0.225 e. The number of aryl methyl sites for hydroxylation is 1. The van der Waals surface area contributed by atoms with E-state index in [1.165, 1.54) is 0 Å². The molecule has 0 saturated heterocycles. The van der Waals surface area contributed by atoms with E-state index in [9.17, 15) is 0 Å². The molecule has 0 radical (unpaired) electrons. The molecule has 0 atom stereocenters. The lowest BCUT2D eigenvalue weighted by atomic mass is 10.2. The number of aliphatic hydroxyl groups is 1. The third kappa shape index (κ3) is 3.01. The van der Waals surface area contributed by atoms with Gasteiger partial charge in [0, 0.05) is 37.1 Å². The molecule has 0 spiro atoms. The Balaban J connectivity index is 2.91. The van der Waals surface area contributed by atoms with Crippen LogP contribution in [0.1, 0.15) is 11.3 Å². The van der Waals surface area contributed by atoms with Crippen molar-refractivity contribution in [2.24, 2.45) is 5.73 Å². The first-order chi connectivity index (χ1) is 7.72. The van der Waals surface area contributed by atoms with Crippen LogP contribution in [0.4, 0.5) is 5.95 Å². The van der Waals surface area contributed by atoms with Gasteiger partial charge in [0.05, 0.1) is 6.61 Å². The summed E-state index contributed by atoms with van der Waals surface area (Å²) >= 11 is 0. The molecule has 1 aromatic heterocycles. The Morgan fingerprint density at radius 2 is 2.38 bits per heavy atom. The summed E-state index contributed by atoms with van der Waals surface area (Å²) in [4.78, 5) is 10.4. The molecule has 0 unspecified atom stereocenters. The van der Waals surface area contributed by atoms with Crippen molar-refractivity contribution in [1.82, 2.24) is 9.97 Å². The third-order valence-corrected chi connectivity index (χ3v) is 2.29. The molecule has 3 N–H and O–H groups in total. The molecule has 88 valence electrons. The highest BCUT2D eigenvalue weighted by atomic mass is 16.3. The Kier molecular flexibility index (Phi) is 4.88. The lowest BCUT2D eigenvalue weighted by Gasteiger charge is -2.20. The van der Waals surface area contributed by atoms with Crippen LogP contribution in [0.2, 0.25) is 0 Å². The van der Waals surface area contributed by atoms with Crippen LogP contribution in [0.25, 0.3) is 0 Å².